The standard InChI is InChI=1S/C21H21ClN4O2S2/c1-3-10-26-20(28)17-14-6-4-5-7-15(14)30-19(17)25-21(26)29-12(2)18(27)24-16-9-8-13(22)11-23-16/h3,8-9,11-12H,1,4-7,10H2,2H3,(H,23,24,27). The van der Waals surface area contributed by atoms with Gasteiger partial charge in [-0.25, -0.2) is 9.97 Å². The van der Waals surface area contributed by atoms with Gasteiger partial charge in [0.05, 0.1) is 15.7 Å². The molecule has 3 heterocycles. The van der Waals surface area contributed by atoms with Crippen LogP contribution in [-0.4, -0.2) is 25.7 Å². The number of nitrogens with zero attached hydrogens (tertiary/aromatic N) is 3. The Bertz CT molecular complexity index is 1170. The number of carbonyl (C=O) groups is 1. The van der Waals surface area contributed by atoms with Crippen molar-refractivity contribution in [3.63, 3.8) is 0 Å². The Balaban J connectivity index is 1.64. The van der Waals surface area contributed by atoms with Crippen molar-refractivity contribution in [2.24, 2.45) is 0 Å². The van der Waals surface area contributed by atoms with Gasteiger partial charge in [-0.2, -0.15) is 0 Å². The number of nitrogens with one attached hydrogen (secondary N) is 1. The molecule has 1 amide bonds. The van der Waals surface area contributed by atoms with Crippen molar-refractivity contribution < 1.29 is 4.79 Å². The molecule has 30 heavy (non-hydrogen) atoms. The van der Waals surface area contributed by atoms with Gasteiger partial charge in [-0.05, 0) is 50.3 Å². The quantitative estimate of drug-likeness (QED) is 0.328. The Labute approximate surface area is 187 Å². The van der Waals surface area contributed by atoms with Gasteiger partial charge in [0.2, 0.25) is 5.91 Å². The van der Waals surface area contributed by atoms with Crippen molar-refractivity contribution >= 4 is 56.6 Å². The number of amides is 1. The van der Waals surface area contributed by atoms with Crippen LogP contribution in [0.25, 0.3) is 10.2 Å². The zero-order chi connectivity index (χ0) is 21.3. The smallest absolute Gasteiger partial charge is 0.263 e. The van der Waals surface area contributed by atoms with E-state index in [4.69, 9.17) is 16.6 Å². The average molecular weight is 461 g/mol. The lowest BCUT2D eigenvalue weighted by Crippen LogP contribution is -2.27. The molecule has 3 aromatic rings. The van der Waals surface area contributed by atoms with Gasteiger partial charge >= 0.3 is 0 Å². The van der Waals surface area contributed by atoms with Crippen LogP contribution in [0.15, 0.2) is 40.9 Å². The second-order valence-electron chi connectivity index (χ2n) is 7.10. The van der Waals surface area contributed by atoms with Crippen molar-refractivity contribution in [2.45, 2.75) is 49.6 Å². The summed E-state index contributed by atoms with van der Waals surface area (Å²) in [5.41, 5.74) is 1.11. The van der Waals surface area contributed by atoms with Crippen molar-refractivity contribution in [3.05, 3.63) is 56.8 Å². The molecule has 1 N–H and O–H groups in total. The number of aryl methyl sites for hydroxylation is 2. The molecule has 156 valence electrons. The normalized spacial score (nSPS) is 14.3. The van der Waals surface area contributed by atoms with E-state index >= 15 is 0 Å². The van der Waals surface area contributed by atoms with Crippen LogP contribution in [-0.2, 0) is 24.2 Å². The Morgan fingerprint density at radius 2 is 2.23 bits per heavy atom. The van der Waals surface area contributed by atoms with Gasteiger partial charge in [-0.3, -0.25) is 14.2 Å². The molecule has 0 radical (unpaired) electrons. The number of rotatable bonds is 6. The molecule has 0 bridgehead atoms. The highest BCUT2D eigenvalue weighted by Gasteiger charge is 2.24. The fraction of sp³-hybridized carbons (Fsp3) is 0.333. The van der Waals surface area contributed by atoms with Crippen molar-refractivity contribution in [1.82, 2.24) is 14.5 Å². The van der Waals surface area contributed by atoms with Gasteiger partial charge in [-0.15, -0.1) is 17.9 Å². The Morgan fingerprint density at radius 1 is 1.43 bits per heavy atom. The van der Waals surface area contributed by atoms with E-state index in [9.17, 15) is 9.59 Å². The van der Waals surface area contributed by atoms with E-state index in [2.05, 4.69) is 16.9 Å². The van der Waals surface area contributed by atoms with Crippen LogP contribution in [0.1, 0.15) is 30.2 Å². The number of hydrogen-bond donors (Lipinski definition) is 1. The molecule has 6 nitrogen and oxygen atoms in total. The summed E-state index contributed by atoms with van der Waals surface area (Å²) in [7, 11) is 0. The number of carbonyl (C=O) groups excluding carboxylic acids is 1. The van der Waals surface area contributed by atoms with E-state index in [1.54, 1.807) is 41.0 Å². The molecule has 0 spiro atoms. The molecular formula is C21H21ClN4O2S2. The van der Waals surface area contributed by atoms with E-state index in [-0.39, 0.29) is 11.5 Å². The molecule has 4 rings (SSSR count). The minimum Gasteiger partial charge on any atom is -0.310 e. The maximum absolute atomic E-state index is 13.3. The highest BCUT2D eigenvalue weighted by Crippen LogP contribution is 2.35. The van der Waals surface area contributed by atoms with Crippen molar-refractivity contribution in [2.75, 3.05) is 5.32 Å². The maximum Gasteiger partial charge on any atom is 0.263 e. The van der Waals surface area contributed by atoms with Crippen LogP contribution in [0, 0.1) is 0 Å². The second kappa shape index (κ2) is 8.91. The first-order valence-electron chi connectivity index (χ1n) is 9.73. The summed E-state index contributed by atoms with van der Waals surface area (Å²) in [6, 6.07) is 3.31. The number of fused-ring (bicyclic) bond motifs is 3. The van der Waals surface area contributed by atoms with Gasteiger partial charge in [0.15, 0.2) is 5.16 Å². The Kier molecular flexibility index (Phi) is 6.26. The first-order valence-corrected chi connectivity index (χ1v) is 11.8. The van der Waals surface area contributed by atoms with E-state index in [1.807, 2.05) is 0 Å². The molecule has 1 unspecified atom stereocenters. The van der Waals surface area contributed by atoms with Gasteiger partial charge in [0.25, 0.3) is 5.56 Å². The van der Waals surface area contributed by atoms with E-state index in [1.165, 1.54) is 22.8 Å². The molecular weight excluding hydrogens is 440 g/mol. The Morgan fingerprint density at radius 3 is 2.97 bits per heavy atom. The number of halogens is 1. The fourth-order valence-corrected chi connectivity index (χ4v) is 5.82. The predicted octanol–water partition coefficient (Wildman–Crippen LogP) is 4.69. The molecule has 0 aromatic carbocycles. The highest BCUT2D eigenvalue weighted by molar-refractivity contribution is 8.00. The lowest BCUT2D eigenvalue weighted by Gasteiger charge is -2.15. The molecule has 3 aromatic heterocycles. The van der Waals surface area contributed by atoms with E-state index < -0.39 is 5.25 Å². The number of thiophene rings is 1. The van der Waals surface area contributed by atoms with Crippen molar-refractivity contribution in [1.29, 1.82) is 0 Å². The van der Waals surface area contributed by atoms with Crippen LogP contribution in [0.4, 0.5) is 5.82 Å². The third-order valence-corrected chi connectivity index (χ3v) is 7.48. The number of thioether (sulfide) groups is 1. The van der Waals surface area contributed by atoms with Gasteiger partial charge in [0, 0.05) is 17.6 Å². The summed E-state index contributed by atoms with van der Waals surface area (Å²) in [5.74, 6) is 0.203. The van der Waals surface area contributed by atoms with Gasteiger partial charge in [0.1, 0.15) is 10.6 Å². The van der Waals surface area contributed by atoms with Gasteiger partial charge < -0.3 is 5.32 Å². The van der Waals surface area contributed by atoms with Crippen LogP contribution in [0.2, 0.25) is 5.02 Å². The first-order chi connectivity index (χ1) is 14.5. The zero-order valence-corrected chi connectivity index (χ0v) is 18.9. The summed E-state index contributed by atoms with van der Waals surface area (Å²) in [4.78, 5) is 36.8. The van der Waals surface area contributed by atoms with Crippen LogP contribution < -0.4 is 10.9 Å². The summed E-state index contributed by atoms with van der Waals surface area (Å²) in [6.45, 7) is 5.91. The minimum atomic E-state index is -0.475. The lowest BCUT2D eigenvalue weighted by atomic mass is 9.97. The number of pyridine rings is 1. The highest BCUT2D eigenvalue weighted by atomic mass is 35.5. The van der Waals surface area contributed by atoms with Gasteiger partial charge in [-0.1, -0.05) is 29.4 Å². The number of allylic oxidation sites excluding steroid dienone is 1. The van der Waals surface area contributed by atoms with E-state index in [0.717, 1.165) is 41.5 Å². The number of hydrogen-bond acceptors (Lipinski definition) is 6. The molecule has 1 aliphatic rings. The number of aromatic nitrogens is 3. The summed E-state index contributed by atoms with van der Waals surface area (Å²) in [6.07, 6.45) is 7.35. The van der Waals surface area contributed by atoms with E-state index in [0.29, 0.717) is 22.5 Å². The van der Waals surface area contributed by atoms with Crippen LogP contribution in [0.5, 0.6) is 0 Å². The molecule has 0 saturated carbocycles. The maximum atomic E-state index is 13.3. The summed E-state index contributed by atoms with van der Waals surface area (Å²) >= 11 is 8.71. The summed E-state index contributed by atoms with van der Waals surface area (Å²) in [5, 5.41) is 4.06. The molecule has 0 fully saturated rings. The largest absolute Gasteiger partial charge is 0.310 e. The zero-order valence-electron chi connectivity index (χ0n) is 16.5. The SMILES string of the molecule is C=CCn1c(SC(C)C(=O)Nc2ccc(Cl)cn2)nc2sc3c(c2c1=O)CCCC3. The third kappa shape index (κ3) is 4.17. The topological polar surface area (TPSA) is 76.9 Å². The second-order valence-corrected chi connectivity index (χ2v) is 9.93. The minimum absolute atomic E-state index is 0.0474. The Hall–Kier alpha value is -2.16. The molecule has 1 atom stereocenters. The third-order valence-electron chi connectivity index (χ3n) is 4.98. The molecule has 9 heteroatoms. The lowest BCUT2D eigenvalue weighted by molar-refractivity contribution is -0.115. The predicted molar refractivity (Wildman–Crippen MR) is 124 cm³/mol. The first kappa shape index (κ1) is 21.1. The molecule has 0 saturated heterocycles. The monoisotopic (exact) mass is 460 g/mol. The number of anilines is 1. The summed E-state index contributed by atoms with van der Waals surface area (Å²) < 4.78 is 1.62. The molecule has 0 aliphatic heterocycles. The van der Waals surface area contributed by atoms with Crippen molar-refractivity contribution in [3.8, 4) is 0 Å². The van der Waals surface area contributed by atoms with Crippen LogP contribution in [0.3, 0.4) is 0 Å². The fourth-order valence-electron chi connectivity index (χ4n) is 3.49. The molecule has 1 aliphatic carbocycles. The van der Waals surface area contributed by atoms with Crippen LogP contribution >= 0.6 is 34.7 Å². The average Bonchev–Trinajstić information content (AvgIpc) is 3.11.